The van der Waals surface area contributed by atoms with Crippen molar-refractivity contribution in [3.05, 3.63) is 88.2 Å². The number of amides is 1. The molecule has 5 nitrogen and oxygen atoms in total. The summed E-state index contributed by atoms with van der Waals surface area (Å²) in [6, 6.07) is 20.7. The Morgan fingerprint density at radius 3 is 2.39 bits per heavy atom. The molecule has 0 aliphatic rings. The highest BCUT2D eigenvalue weighted by Crippen LogP contribution is 2.26. The summed E-state index contributed by atoms with van der Waals surface area (Å²) in [6.45, 7) is 3.66. The van der Waals surface area contributed by atoms with Gasteiger partial charge in [0.25, 0.3) is 5.91 Å². The van der Waals surface area contributed by atoms with Crippen molar-refractivity contribution in [3.8, 4) is 11.8 Å². The lowest BCUT2D eigenvalue weighted by molar-refractivity contribution is -0.117. The van der Waals surface area contributed by atoms with Gasteiger partial charge in [-0.15, -0.1) is 0 Å². The van der Waals surface area contributed by atoms with E-state index in [-0.39, 0.29) is 11.6 Å². The second-order valence-corrected chi connectivity index (χ2v) is 6.67. The van der Waals surface area contributed by atoms with Gasteiger partial charge in [-0.05, 0) is 37.6 Å². The Morgan fingerprint density at radius 1 is 1.18 bits per heavy atom. The number of carbonyl (C=O) groups is 1. The zero-order valence-corrected chi connectivity index (χ0v) is 16.3. The minimum Gasteiger partial charge on any atom is -0.345 e. The number of nitriles is 1. The summed E-state index contributed by atoms with van der Waals surface area (Å²) in [5, 5.41) is 17.1. The Hall–Kier alpha value is -3.36. The molecule has 140 valence electrons. The first-order valence-corrected chi connectivity index (χ1v) is 9.17. The average Bonchev–Trinajstić information content (AvgIpc) is 3.01. The number of hydrogen-bond donors (Lipinski definition) is 1. The number of nitrogens with one attached hydrogen (secondary N) is 1. The van der Waals surface area contributed by atoms with E-state index in [4.69, 9.17) is 11.6 Å². The molecule has 1 amide bonds. The van der Waals surface area contributed by atoms with E-state index in [2.05, 4.69) is 10.4 Å². The Morgan fingerprint density at radius 2 is 1.79 bits per heavy atom. The van der Waals surface area contributed by atoms with Gasteiger partial charge in [-0.25, -0.2) is 4.68 Å². The van der Waals surface area contributed by atoms with Crippen LogP contribution in [0.1, 0.15) is 29.8 Å². The minimum absolute atomic E-state index is 0.0274. The third kappa shape index (κ3) is 4.13. The molecule has 0 spiro atoms. The maximum Gasteiger partial charge on any atom is 0.262 e. The van der Waals surface area contributed by atoms with Crippen molar-refractivity contribution in [2.24, 2.45) is 0 Å². The maximum absolute atomic E-state index is 12.6. The van der Waals surface area contributed by atoms with E-state index in [1.165, 1.54) is 6.08 Å². The first-order chi connectivity index (χ1) is 13.5. The van der Waals surface area contributed by atoms with Crippen molar-refractivity contribution in [1.29, 1.82) is 5.26 Å². The summed E-state index contributed by atoms with van der Waals surface area (Å²) >= 11 is 6.49. The molecule has 1 aromatic heterocycles. The first kappa shape index (κ1) is 19.4. The number of carbonyl (C=O) groups excluding carboxylic acids is 1. The van der Waals surface area contributed by atoms with Gasteiger partial charge < -0.3 is 5.32 Å². The van der Waals surface area contributed by atoms with Gasteiger partial charge in [-0.1, -0.05) is 60.1 Å². The summed E-state index contributed by atoms with van der Waals surface area (Å²) in [4.78, 5) is 12.6. The van der Waals surface area contributed by atoms with Crippen LogP contribution in [0.3, 0.4) is 0 Å². The standard InChI is InChI=1S/C22H19ClN4O/c1-15(17-9-5-3-6-10-17)25-22(28)18(14-24)13-20-16(2)26-27(21(20)23)19-11-7-4-8-12-19/h3-13,15H,1-2H3,(H,25,28)/b18-13+/t15-/m1/s1. The lowest BCUT2D eigenvalue weighted by Crippen LogP contribution is -2.27. The fraction of sp³-hybridized carbons (Fsp3) is 0.136. The fourth-order valence-corrected chi connectivity index (χ4v) is 3.13. The van der Waals surface area contributed by atoms with Crippen LogP contribution in [0.2, 0.25) is 5.15 Å². The molecular weight excluding hydrogens is 372 g/mol. The molecule has 0 saturated heterocycles. The van der Waals surface area contributed by atoms with Crippen LogP contribution in [0.5, 0.6) is 0 Å². The molecule has 0 radical (unpaired) electrons. The van der Waals surface area contributed by atoms with Crippen LogP contribution in [-0.4, -0.2) is 15.7 Å². The monoisotopic (exact) mass is 390 g/mol. The molecule has 0 bridgehead atoms. The van der Waals surface area contributed by atoms with Gasteiger partial charge in [0.15, 0.2) is 0 Å². The van der Waals surface area contributed by atoms with Gasteiger partial charge in [0, 0.05) is 5.56 Å². The van der Waals surface area contributed by atoms with E-state index >= 15 is 0 Å². The Kier molecular flexibility index (Phi) is 5.93. The summed E-state index contributed by atoms with van der Waals surface area (Å²) in [5.41, 5.74) is 2.91. The number of benzene rings is 2. The van der Waals surface area contributed by atoms with Crippen molar-refractivity contribution in [2.45, 2.75) is 19.9 Å². The zero-order valence-electron chi connectivity index (χ0n) is 15.6. The number of nitrogens with zero attached hydrogens (tertiary/aromatic N) is 3. The largest absolute Gasteiger partial charge is 0.345 e. The Balaban J connectivity index is 1.88. The van der Waals surface area contributed by atoms with Crippen LogP contribution >= 0.6 is 11.6 Å². The summed E-state index contributed by atoms with van der Waals surface area (Å²) < 4.78 is 1.59. The molecular formula is C22H19ClN4O. The molecule has 28 heavy (non-hydrogen) atoms. The second-order valence-electron chi connectivity index (χ2n) is 6.31. The minimum atomic E-state index is -0.457. The molecule has 3 rings (SSSR count). The molecule has 2 aromatic carbocycles. The summed E-state index contributed by atoms with van der Waals surface area (Å²) in [7, 11) is 0. The first-order valence-electron chi connectivity index (χ1n) is 8.79. The van der Waals surface area contributed by atoms with Crippen molar-refractivity contribution < 1.29 is 4.79 Å². The topological polar surface area (TPSA) is 70.7 Å². The third-order valence-corrected chi connectivity index (χ3v) is 4.71. The Labute approximate surface area is 168 Å². The van der Waals surface area contributed by atoms with Gasteiger partial charge in [0.1, 0.15) is 16.8 Å². The van der Waals surface area contributed by atoms with Crippen LogP contribution in [0.25, 0.3) is 11.8 Å². The average molecular weight is 391 g/mol. The van der Waals surface area contributed by atoms with E-state index in [0.717, 1.165) is 11.3 Å². The summed E-state index contributed by atoms with van der Waals surface area (Å²) in [5.74, 6) is -0.457. The van der Waals surface area contributed by atoms with Crippen molar-refractivity contribution in [2.75, 3.05) is 0 Å². The van der Waals surface area contributed by atoms with Crippen molar-refractivity contribution >= 4 is 23.6 Å². The molecule has 0 fully saturated rings. The van der Waals surface area contributed by atoms with E-state index < -0.39 is 5.91 Å². The number of halogens is 1. The van der Waals surface area contributed by atoms with Crippen LogP contribution in [-0.2, 0) is 4.79 Å². The second kappa shape index (κ2) is 8.55. The number of hydrogen-bond acceptors (Lipinski definition) is 3. The number of rotatable bonds is 5. The summed E-state index contributed by atoms with van der Waals surface area (Å²) in [6.07, 6.45) is 1.48. The highest BCUT2D eigenvalue weighted by atomic mass is 35.5. The zero-order chi connectivity index (χ0) is 20.1. The van der Waals surface area contributed by atoms with E-state index in [1.807, 2.05) is 73.7 Å². The maximum atomic E-state index is 12.6. The molecule has 6 heteroatoms. The number of aromatic nitrogens is 2. The quantitative estimate of drug-likeness (QED) is 0.510. The van der Waals surface area contributed by atoms with Gasteiger partial charge in [0.2, 0.25) is 0 Å². The highest BCUT2D eigenvalue weighted by molar-refractivity contribution is 6.31. The van der Waals surface area contributed by atoms with Gasteiger partial charge in [-0.3, -0.25) is 4.79 Å². The SMILES string of the molecule is Cc1nn(-c2ccccc2)c(Cl)c1/C=C(\C#N)C(=O)N[C@H](C)c1ccccc1. The van der Waals surface area contributed by atoms with Crippen molar-refractivity contribution in [1.82, 2.24) is 15.1 Å². The van der Waals surface area contributed by atoms with Crippen LogP contribution < -0.4 is 5.32 Å². The predicted molar refractivity (Wildman–Crippen MR) is 110 cm³/mol. The van der Waals surface area contributed by atoms with Gasteiger partial charge in [0.05, 0.1) is 17.4 Å². The third-order valence-electron chi connectivity index (χ3n) is 4.35. The molecule has 1 N–H and O–H groups in total. The van der Waals surface area contributed by atoms with E-state index in [0.29, 0.717) is 16.4 Å². The smallest absolute Gasteiger partial charge is 0.262 e. The normalized spacial score (nSPS) is 12.3. The van der Waals surface area contributed by atoms with E-state index in [9.17, 15) is 10.1 Å². The lowest BCUT2D eigenvalue weighted by Gasteiger charge is -2.13. The van der Waals surface area contributed by atoms with Crippen molar-refractivity contribution in [3.63, 3.8) is 0 Å². The number of para-hydroxylation sites is 1. The predicted octanol–water partition coefficient (Wildman–Crippen LogP) is 4.62. The molecule has 0 aliphatic heterocycles. The Bertz CT molecular complexity index is 1050. The number of aryl methyl sites for hydroxylation is 1. The molecule has 0 saturated carbocycles. The molecule has 1 heterocycles. The lowest BCUT2D eigenvalue weighted by atomic mass is 10.1. The fourth-order valence-electron chi connectivity index (χ4n) is 2.81. The van der Waals surface area contributed by atoms with Gasteiger partial charge in [-0.2, -0.15) is 10.4 Å². The van der Waals surface area contributed by atoms with Gasteiger partial charge >= 0.3 is 0 Å². The molecule has 1 atom stereocenters. The van der Waals surface area contributed by atoms with Crippen LogP contribution in [0, 0.1) is 18.3 Å². The van der Waals surface area contributed by atoms with Crippen LogP contribution in [0.15, 0.2) is 66.2 Å². The molecule has 0 aliphatic carbocycles. The molecule has 0 unspecified atom stereocenters. The van der Waals surface area contributed by atoms with E-state index in [1.54, 1.807) is 11.6 Å². The molecule has 3 aromatic rings. The highest BCUT2D eigenvalue weighted by Gasteiger charge is 2.18. The van der Waals surface area contributed by atoms with Crippen LogP contribution in [0.4, 0.5) is 0 Å².